The van der Waals surface area contributed by atoms with Crippen molar-refractivity contribution < 1.29 is 14.4 Å². The molecule has 6 heteroatoms. The van der Waals surface area contributed by atoms with Crippen molar-refractivity contribution in [3.05, 3.63) is 33.9 Å². The summed E-state index contributed by atoms with van der Waals surface area (Å²) in [6, 6.07) is 4.69. The monoisotopic (exact) mass is 282 g/mol. The Kier molecular flexibility index (Phi) is 7.60. The Bertz CT molecular complexity index is 424. The first-order chi connectivity index (χ1) is 9.69. The van der Waals surface area contributed by atoms with Crippen molar-refractivity contribution >= 4 is 5.69 Å². The van der Waals surface area contributed by atoms with Gasteiger partial charge in [0, 0.05) is 44.4 Å². The summed E-state index contributed by atoms with van der Waals surface area (Å²) < 4.78 is 10.6. The zero-order valence-corrected chi connectivity index (χ0v) is 12.1. The van der Waals surface area contributed by atoms with Crippen molar-refractivity contribution in [2.24, 2.45) is 0 Å². The van der Waals surface area contributed by atoms with Crippen LogP contribution in [0.3, 0.4) is 0 Å². The number of hydrogen-bond acceptors (Lipinski definition) is 5. The number of nitrogens with one attached hydrogen (secondary N) is 1. The summed E-state index contributed by atoms with van der Waals surface area (Å²) in [6.07, 6.45) is 1.80. The number of ether oxygens (including phenoxy) is 2. The van der Waals surface area contributed by atoms with E-state index in [1.807, 2.05) is 0 Å². The third-order valence-corrected chi connectivity index (χ3v) is 2.75. The Morgan fingerprint density at radius 3 is 2.80 bits per heavy atom. The number of hydrogen-bond donors (Lipinski definition) is 1. The predicted octanol–water partition coefficient (Wildman–Crippen LogP) is 2.51. The van der Waals surface area contributed by atoms with Crippen molar-refractivity contribution in [1.29, 1.82) is 0 Å². The molecule has 0 radical (unpaired) electrons. The van der Waals surface area contributed by atoms with E-state index in [-0.39, 0.29) is 5.69 Å². The normalized spacial score (nSPS) is 10.5. The number of nitrogens with zero attached hydrogens (tertiary/aromatic N) is 1. The minimum Gasteiger partial charge on any atom is -0.493 e. The Labute approximate surface area is 119 Å². The molecule has 0 amide bonds. The van der Waals surface area contributed by atoms with Crippen LogP contribution < -0.4 is 10.1 Å². The fourth-order valence-corrected chi connectivity index (χ4v) is 1.74. The molecule has 0 bridgehead atoms. The van der Waals surface area contributed by atoms with Crippen LogP contribution in [0.15, 0.2) is 18.2 Å². The van der Waals surface area contributed by atoms with E-state index >= 15 is 0 Å². The highest BCUT2D eigenvalue weighted by Gasteiger charge is 2.11. The van der Waals surface area contributed by atoms with Gasteiger partial charge in [-0.3, -0.25) is 10.1 Å². The summed E-state index contributed by atoms with van der Waals surface area (Å²) in [7, 11) is 1.64. The standard InChI is InChI=1S/C14H22N2O4/c1-3-7-15-11-12-10-13(16(17)18)5-6-14(12)20-9-4-8-19-2/h5-6,10,15H,3-4,7-9,11H2,1-2H3. The Hall–Kier alpha value is -1.66. The molecule has 0 aliphatic heterocycles. The number of nitro groups is 1. The third kappa shape index (κ3) is 5.54. The summed E-state index contributed by atoms with van der Waals surface area (Å²) in [5, 5.41) is 14.1. The molecule has 1 rings (SSSR count). The molecular weight excluding hydrogens is 260 g/mol. The minimum atomic E-state index is -0.391. The van der Waals surface area contributed by atoms with Gasteiger partial charge in [-0.1, -0.05) is 6.92 Å². The molecule has 0 aliphatic carbocycles. The highest BCUT2D eigenvalue weighted by Crippen LogP contribution is 2.24. The SMILES string of the molecule is CCCNCc1cc([N+](=O)[O-])ccc1OCCCOC. The number of nitro benzene ring substituents is 1. The molecule has 0 fully saturated rings. The van der Waals surface area contributed by atoms with E-state index in [0.717, 1.165) is 24.9 Å². The Morgan fingerprint density at radius 2 is 2.15 bits per heavy atom. The molecular formula is C14H22N2O4. The van der Waals surface area contributed by atoms with Crippen molar-refractivity contribution in [3.63, 3.8) is 0 Å². The summed E-state index contributed by atoms with van der Waals surface area (Å²) in [5.74, 6) is 0.690. The van der Waals surface area contributed by atoms with Crippen LogP contribution in [-0.4, -0.2) is 31.8 Å². The number of non-ortho nitro benzene ring substituents is 1. The zero-order chi connectivity index (χ0) is 14.8. The molecule has 0 aromatic heterocycles. The van der Waals surface area contributed by atoms with Gasteiger partial charge in [-0.15, -0.1) is 0 Å². The largest absolute Gasteiger partial charge is 0.493 e. The molecule has 0 atom stereocenters. The lowest BCUT2D eigenvalue weighted by molar-refractivity contribution is -0.384. The summed E-state index contributed by atoms with van der Waals surface area (Å²) in [4.78, 5) is 10.4. The third-order valence-electron chi connectivity index (χ3n) is 2.75. The van der Waals surface area contributed by atoms with E-state index in [4.69, 9.17) is 9.47 Å². The zero-order valence-electron chi connectivity index (χ0n) is 12.1. The van der Waals surface area contributed by atoms with Crippen LogP contribution in [0.25, 0.3) is 0 Å². The lowest BCUT2D eigenvalue weighted by Gasteiger charge is -2.12. The molecule has 0 heterocycles. The molecule has 0 unspecified atom stereocenters. The van der Waals surface area contributed by atoms with Crippen LogP contribution in [0, 0.1) is 10.1 Å². The summed E-state index contributed by atoms with van der Waals surface area (Å²) >= 11 is 0. The average molecular weight is 282 g/mol. The lowest BCUT2D eigenvalue weighted by Crippen LogP contribution is -2.15. The van der Waals surface area contributed by atoms with Gasteiger partial charge < -0.3 is 14.8 Å². The van der Waals surface area contributed by atoms with Crippen LogP contribution in [-0.2, 0) is 11.3 Å². The highest BCUT2D eigenvalue weighted by molar-refractivity contribution is 5.43. The molecule has 6 nitrogen and oxygen atoms in total. The van der Waals surface area contributed by atoms with Gasteiger partial charge in [-0.25, -0.2) is 0 Å². The maximum atomic E-state index is 10.8. The first kappa shape index (κ1) is 16.4. The summed E-state index contributed by atoms with van der Waals surface area (Å²) in [6.45, 7) is 4.67. The average Bonchev–Trinajstić information content (AvgIpc) is 2.44. The van der Waals surface area contributed by atoms with E-state index in [0.29, 0.717) is 25.5 Å². The molecule has 1 aromatic rings. The first-order valence-corrected chi connectivity index (χ1v) is 6.78. The van der Waals surface area contributed by atoms with Crippen LogP contribution in [0.1, 0.15) is 25.3 Å². The Morgan fingerprint density at radius 1 is 1.35 bits per heavy atom. The minimum absolute atomic E-state index is 0.0857. The summed E-state index contributed by atoms with van der Waals surface area (Å²) in [5.41, 5.74) is 0.896. The number of rotatable bonds is 10. The molecule has 0 spiro atoms. The highest BCUT2D eigenvalue weighted by atomic mass is 16.6. The van der Waals surface area contributed by atoms with Gasteiger partial charge in [0.25, 0.3) is 5.69 Å². The van der Waals surface area contributed by atoms with Gasteiger partial charge in [-0.2, -0.15) is 0 Å². The van der Waals surface area contributed by atoms with E-state index in [9.17, 15) is 10.1 Å². The van der Waals surface area contributed by atoms with Gasteiger partial charge in [0.1, 0.15) is 5.75 Å². The molecule has 0 saturated carbocycles. The maximum Gasteiger partial charge on any atom is 0.270 e. The molecule has 112 valence electrons. The van der Waals surface area contributed by atoms with Crippen LogP contribution in [0.5, 0.6) is 5.75 Å². The predicted molar refractivity (Wildman–Crippen MR) is 77.1 cm³/mol. The van der Waals surface area contributed by atoms with Crippen molar-refractivity contribution in [1.82, 2.24) is 5.32 Å². The van der Waals surface area contributed by atoms with Crippen LogP contribution in [0.4, 0.5) is 5.69 Å². The van der Waals surface area contributed by atoms with Gasteiger partial charge in [0.05, 0.1) is 11.5 Å². The van der Waals surface area contributed by atoms with Gasteiger partial charge >= 0.3 is 0 Å². The molecule has 1 aromatic carbocycles. The Balaban J connectivity index is 2.71. The van der Waals surface area contributed by atoms with Crippen molar-refractivity contribution in [3.8, 4) is 5.75 Å². The van der Waals surface area contributed by atoms with Gasteiger partial charge in [0.15, 0.2) is 0 Å². The van der Waals surface area contributed by atoms with Gasteiger partial charge in [-0.05, 0) is 19.0 Å². The first-order valence-electron chi connectivity index (χ1n) is 6.78. The quantitative estimate of drug-likeness (QED) is 0.405. The topological polar surface area (TPSA) is 73.6 Å². The number of benzene rings is 1. The second-order valence-electron chi connectivity index (χ2n) is 4.42. The molecule has 20 heavy (non-hydrogen) atoms. The lowest BCUT2D eigenvalue weighted by atomic mass is 10.1. The molecule has 1 N–H and O–H groups in total. The molecule has 0 saturated heterocycles. The maximum absolute atomic E-state index is 10.8. The fraction of sp³-hybridized carbons (Fsp3) is 0.571. The van der Waals surface area contributed by atoms with Crippen molar-refractivity contribution in [2.45, 2.75) is 26.3 Å². The smallest absolute Gasteiger partial charge is 0.270 e. The van der Waals surface area contributed by atoms with E-state index in [1.54, 1.807) is 19.2 Å². The van der Waals surface area contributed by atoms with E-state index in [2.05, 4.69) is 12.2 Å². The van der Waals surface area contributed by atoms with Gasteiger partial charge in [0.2, 0.25) is 0 Å². The van der Waals surface area contributed by atoms with E-state index in [1.165, 1.54) is 6.07 Å². The van der Waals surface area contributed by atoms with Crippen molar-refractivity contribution in [2.75, 3.05) is 26.9 Å². The number of methoxy groups -OCH3 is 1. The second kappa shape index (κ2) is 9.28. The fourth-order valence-electron chi connectivity index (χ4n) is 1.74. The van der Waals surface area contributed by atoms with Crippen LogP contribution in [0.2, 0.25) is 0 Å². The second-order valence-corrected chi connectivity index (χ2v) is 4.42. The van der Waals surface area contributed by atoms with Crippen LogP contribution >= 0.6 is 0 Å². The van der Waals surface area contributed by atoms with E-state index < -0.39 is 4.92 Å². The molecule has 0 aliphatic rings.